The summed E-state index contributed by atoms with van der Waals surface area (Å²) in [6.07, 6.45) is 4.00. The molecule has 36 heavy (non-hydrogen) atoms. The maximum atomic E-state index is 13.9. The molecule has 1 aliphatic heterocycles. The normalized spacial score (nSPS) is 14.0. The maximum Gasteiger partial charge on any atom is 0.263 e. The number of carbonyl (C=O) groups is 1. The van der Waals surface area contributed by atoms with Gasteiger partial charge in [-0.05, 0) is 42.5 Å². The number of para-hydroxylation sites is 4. The molecule has 2 heterocycles. The van der Waals surface area contributed by atoms with Crippen molar-refractivity contribution >= 4 is 39.8 Å². The molecule has 0 unspecified atom stereocenters. The molecular weight excluding hydrogens is 451 g/mol. The lowest BCUT2D eigenvalue weighted by Crippen LogP contribution is -2.20. The molecule has 1 amide bonds. The molecule has 176 valence electrons. The van der Waals surface area contributed by atoms with E-state index in [4.69, 9.17) is 4.74 Å². The Morgan fingerprint density at radius 3 is 2.39 bits per heavy atom. The molecule has 0 aliphatic carbocycles. The number of fused-ring (bicyclic) bond motifs is 2. The first kappa shape index (κ1) is 21.9. The van der Waals surface area contributed by atoms with Gasteiger partial charge >= 0.3 is 0 Å². The summed E-state index contributed by atoms with van der Waals surface area (Å²) in [7, 11) is 0. The second-order valence-corrected chi connectivity index (χ2v) is 8.63. The van der Waals surface area contributed by atoms with Gasteiger partial charge in [-0.3, -0.25) is 9.69 Å². The highest BCUT2D eigenvalue weighted by Crippen LogP contribution is 2.42. The highest BCUT2D eigenvalue weighted by Gasteiger charge is 2.33. The molecule has 0 spiro atoms. The first-order chi connectivity index (χ1) is 17.7. The van der Waals surface area contributed by atoms with Gasteiger partial charge in [0.1, 0.15) is 6.61 Å². The van der Waals surface area contributed by atoms with Crippen LogP contribution in [0.3, 0.4) is 0 Å². The molecule has 0 fully saturated rings. The minimum absolute atomic E-state index is 0.0536. The van der Waals surface area contributed by atoms with E-state index in [2.05, 4.69) is 10.6 Å². The smallest absolute Gasteiger partial charge is 0.263 e. The molecule has 6 rings (SSSR count). The highest BCUT2D eigenvalue weighted by molar-refractivity contribution is 6.38. The molecule has 4 nitrogen and oxygen atoms in total. The fourth-order valence-electron chi connectivity index (χ4n) is 4.76. The summed E-state index contributed by atoms with van der Waals surface area (Å²) in [6, 6.07) is 32.1. The number of ether oxygens (including phenoxy) is 1. The predicted molar refractivity (Wildman–Crippen MR) is 142 cm³/mol. The van der Waals surface area contributed by atoms with Crippen LogP contribution in [0.1, 0.15) is 11.1 Å². The van der Waals surface area contributed by atoms with Crippen LogP contribution in [-0.4, -0.2) is 17.1 Å². The largest absolute Gasteiger partial charge is 0.489 e. The Hall–Kier alpha value is -4.64. The summed E-state index contributed by atoms with van der Waals surface area (Å²) in [5.74, 6) is -0.186. The number of amides is 1. The van der Waals surface area contributed by atoms with Crippen LogP contribution in [0.25, 0.3) is 22.6 Å². The highest BCUT2D eigenvalue weighted by atomic mass is 19.1. The lowest BCUT2D eigenvalue weighted by atomic mass is 10.0. The lowest BCUT2D eigenvalue weighted by molar-refractivity contribution is -0.112. The van der Waals surface area contributed by atoms with Crippen molar-refractivity contribution in [3.63, 3.8) is 0 Å². The molecular formula is C31H23FN2O2. The quantitative estimate of drug-likeness (QED) is 0.247. The van der Waals surface area contributed by atoms with E-state index in [1.807, 2.05) is 85.1 Å². The molecule has 0 saturated carbocycles. The van der Waals surface area contributed by atoms with Crippen molar-refractivity contribution in [1.82, 2.24) is 4.57 Å². The van der Waals surface area contributed by atoms with Gasteiger partial charge in [-0.1, -0.05) is 66.7 Å². The van der Waals surface area contributed by atoms with Crippen molar-refractivity contribution in [2.45, 2.75) is 6.54 Å². The van der Waals surface area contributed by atoms with Crippen LogP contribution in [0.4, 0.5) is 15.8 Å². The van der Waals surface area contributed by atoms with E-state index in [-0.39, 0.29) is 17.5 Å². The number of benzene rings is 4. The molecule has 0 radical (unpaired) electrons. The topological polar surface area (TPSA) is 34.5 Å². The van der Waals surface area contributed by atoms with Gasteiger partial charge in [0.25, 0.3) is 5.91 Å². The summed E-state index contributed by atoms with van der Waals surface area (Å²) in [6.45, 7) is 0.859. The number of hydrogen-bond acceptors (Lipinski definition) is 2. The van der Waals surface area contributed by atoms with Crippen molar-refractivity contribution in [3.05, 3.63) is 126 Å². The Kier molecular flexibility index (Phi) is 5.58. The van der Waals surface area contributed by atoms with E-state index in [0.717, 1.165) is 33.4 Å². The fourth-order valence-corrected chi connectivity index (χ4v) is 4.76. The third kappa shape index (κ3) is 3.85. The second kappa shape index (κ2) is 9.19. The van der Waals surface area contributed by atoms with Gasteiger partial charge in [0, 0.05) is 33.9 Å². The van der Waals surface area contributed by atoms with Gasteiger partial charge in [-0.15, -0.1) is 0 Å². The summed E-state index contributed by atoms with van der Waals surface area (Å²) < 4.78 is 21.7. The third-order valence-electron chi connectivity index (χ3n) is 6.43. The third-order valence-corrected chi connectivity index (χ3v) is 6.43. The number of aromatic nitrogens is 1. The molecule has 5 aromatic rings. The minimum atomic E-state index is -0.373. The van der Waals surface area contributed by atoms with Crippen LogP contribution in [0.15, 0.2) is 109 Å². The van der Waals surface area contributed by atoms with E-state index in [1.165, 1.54) is 6.07 Å². The van der Waals surface area contributed by atoms with Gasteiger partial charge in [0.05, 0.1) is 17.8 Å². The Morgan fingerprint density at radius 2 is 1.53 bits per heavy atom. The number of nitrogens with zero attached hydrogens (tertiary/aromatic N) is 2. The van der Waals surface area contributed by atoms with E-state index in [1.54, 1.807) is 23.1 Å². The second-order valence-electron chi connectivity index (χ2n) is 8.63. The van der Waals surface area contributed by atoms with Gasteiger partial charge < -0.3 is 9.30 Å². The Bertz CT molecular complexity index is 1600. The predicted octanol–water partition coefficient (Wildman–Crippen LogP) is 7.08. The van der Waals surface area contributed by atoms with E-state index in [9.17, 15) is 9.18 Å². The van der Waals surface area contributed by atoms with Crippen molar-refractivity contribution in [3.8, 4) is 5.75 Å². The molecule has 0 N–H and O–H groups in total. The average molecular weight is 475 g/mol. The van der Waals surface area contributed by atoms with E-state index >= 15 is 0 Å². The van der Waals surface area contributed by atoms with Crippen molar-refractivity contribution < 1.29 is 13.9 Å². The Morgan fingerprint density at radius 1 is 0.806 bits per heavy atom. The minimum Gasteiger partial charge on any atom is -0.489 e. The van der Waals surface area contributed by atoms with Crippen LogP contribution in [0.2, 0.25) is 0 Å². The molecule has 0 saturated heterocycles. The first-order valence-electron chi connectivity index (χ1n) is 11.9. The van der Waals surface area contributed by atoms with Gasteiger partial charge in [-0.25, -0.2) is 4.39 Å². The molecule has 0 atom stereocenters. The fraction of sp³-hybridized carbons (Fsp3) is 0.0645. The number of anilines is 2. The monoisotopic (exact) mass is 474 g/mol. The molecule has 1 aliphatic rings. The number of rotatable bonds is 6. The van der Waals surface area contributed by atoms with Crippen LogP contribution < -0.4 is 9.64 Å². The van der Waals surface area contributed by atoms with Gasteiger partial charge in [-0.2, -0.15) is 0 Å². The number of halogens is 1. The molecule has 4 aromatic carbocycles. The zero-order valence-corrected chi connectivity index (χ0v) is 19.5. The molecule has 1 aromatic heterocycles. The van der Waals surface area contributed by atoms with Gasteiger partial charge in [0.15, 0.2) is 11.6 Å². The summed E-state index contributed by atoms with van der Waals surface area (Å²) >= 11 is 0. The van der Waals surface area contributed by atoms with Gasteiger partial charge in [0.2, 0.25) is 0 Å². The maximum absolute atomic E-state index is 13.9. The lowest BCUT2D eigenvalue weighted by Gasteiger charge is -2.16. The first-order valence-corrected chi connectivity index (χ1v) is 11.9. The van der Waals surface area contributed by atoms with Crippen molar-refractivity contribution in [1.29, 1.82) is 0 Å². The zero-order chi connectivity index (χ0) is 24.5. The standard InChI is InChI=1S/C31H23FN2O2/c32-27-14-6-9-17-30(27)36-19-18-33-21-22(24-12-4-7-15-28(24)33)20-26-25-13-5-8-16-29(25)34(31(26)35)23-10-2-1-3-11-23/h1-17,20-21H,18-19H2. The summed E-state index contributed by atoms with van der Waals surface area (Å²) in [5.41, 5.74) is 5.25. The zero-order valence-electron chi connectivity index (χ0n) is 19.5. The van der Waals surface area contributed by atoms with Crippen LogP contribution in [0, 0.1) is 5.82 Å². The Balaban J connectivity index is 1.36. The summed E-state index contributed by atoms with van der Waals surface area (Å²) in [4.78, 5) is 15.4. The summed E-state index contributed by atoms with van der Waals surface area (Å²) in [5, 5.41) is 1.04. The van der Waals surface area contributed by atoms with Crippen LogP contribution >= 0.6 is 0 Å². The molecule has 5 heteroatoms. The molecule has 0 bridgehead atoms. The number of carbonyl (C=O) groups excluding carboxylic acids is 1. The SMILES string of the molecule is O=C1C(=Cc2cn(CCOc3ccccc3F)c3ccccc23)c2ccccc2N1c1ccccc1. The van der Waals surface area contributed by atoms with Crippen molar-refractivity contribution in [2.24, 2.45) is 0 Å². The number of hydrogen-bond donors (Lipinski definition) is 0. The average Bonchev–Trinajstić information content (AvgIpc) is 3.40. The Labute approximate surface area is 208 Å². The van der Waals surface area contributed by atoms with Crippen molar-refractivity contribution in [2.75, 3.05) is 11.5 Å². The van der Waals surface area contributed by atoms with E-state index in [0.29, 0.717) is 18.7 Å². The van der Waals surface area contributed by atoms with Crippen LogP contribution in [0.5, 0.6) is 5.75 Å². The van der Waals surface area contributed by atoms with E-state index < -0.39 is 0 Å². The van der Waals surface area contributed by atoms with Crippen LogP contribution in [-0.2, 0) is 11.3 Å².